The molecule has 2 rings (SSSR count). The number of unbranched alkanes of at least 4 members (excludes halogenated alkanes) is 6. The van der Waals surface area contributed by atoms with Gasteiger partial charge in [0.2, 0.25) is 0 Å². The Morgan fingerprint density at radius 2 is 1.50 bits per heavy atom. The number of alkyl halides is 3. The van der Waals surface area contributed by atoms with E-state index < -0.39 is 12.2 Å². The summed E-state index contributed by atoms with van der Waals surface area (Å²) in [6.07, 6.45) is 4.14. The van der Waals surface area contributed by atoms with Crippen molar-refractivity contribution in [1.82, 2.24) is 0 Å². The smallest absolute Gasteiger partial charge is 0.407 e. The molecule has 0 radical (unpaired) electrons. The molecule has 0 fully saturated rings. The lowest BCUT2D eigenvalue weighted by molar-refractivity contribution is -0.149. The maximum absolute atomic E-state index is 12.7. The van der Waals surface area contributed by atoms with Gasteiger partial charge in [-0.3, -0.25) is 0 Å². The van der Waals surface area contributed by atoms with Gasteiger partial charge >= 0.3 is 6.18 Å². The van der Waals surface area contributed by atoms with E-state index in [4.69, 9.17) is 10.5 Å². The largest absolute Gasteiger partial charge is 0.494 e. The van der Waals surface area contributed by atoms with Gasteiger partial charge in [-0.25, -0.2) is 0 Å². The summed E-state index contributed by atoms with van der Waals surface area (Å²) in [5, 5.41) is 1.57. The Labute approximate surface area is 153 Å². The number of hydrogen-bond acceptors (Lipinski definition) is 2. The van der Waals surface area contributed by atoms with Crippen LogP contribution in [-0.2, 0) is 0 Å². The Kier molecular flexibility index (Phi) is 7.76. The zero-order chi connectivity index (χ0) is 19.0. The monoisotopic (exact) mass is 367 g/mol. The Hall–Kier alpha value is -1.75. The quantitative estimate of drug-likeness (QED) is 0.484. The van der Waals surface area contributed by atoms with Crippen molar-refractivity contribution < 1.29 is 17.9 Å². The fraction of sp³-hybridized carbons (Fsp3) is 0.524. The first-order chi connectivity index (χ1) is 12.4. The summed E-state index contributed by atoms with van der Waals surface area (Å²) in [7, 11) is 0. The van der Waals surface area contributed by atoms with Crippen molar-refractivity contribution in [3.63, 3.8) is 0 Å². The predicted molar refractivity (Wildman–Crippen MR) is 100 cm³/mol. The van der Waals surface area contributed by atoms with Crippen LogP contribution in [0.5, 0.6) is 5.75 Å². The van der Waals surface area contributed by atoms with Crippen molar-refractivity contribution >= 4 is 10.8 Å². The Morgan fingerprint density at radius 1 is 0.885 bits per heavy atom. The van der Waals surface area contributed by atoms with Gasteiger partial charge in [0.05, 0.1) is 6.61 Å². The molecule has 0 heterocycles. The van der Waals surface area contributed by atoms with Crippen LogP contribution in [-0.4, -0.2) is 12.8 Å². The molecule has 0 spiro atoms. The molecule has 2 nitrogen and oxygen atoms in total. The van der Waals surface area contributed by atoms with E-state index >= 15 is 0 Å². The third-order valence-electron chi connectivity index (χ3n) is 4.56. The van der Waals surface area contributed by atoms with Crippen molar-refractivity contribution in [1.29, 1.82) is 0 Å². The van der Waals surface area contributed by atoms with Crippen molar-refractivity contribution in [3.8, 4) is 5.75 Å². The van der Waals surface area contributed by atoms with Crippen LogP contribution in [0.2, 0.25) is 0 Å². The zero-order valence-corrected chi connectivity index (χ0v) is 15.3. The zero-order valence-electron chi connectivity index (χ0n) is 15.3. The summed E-state index contributed by atoms with van der Waals surface area (Å²) < 4.78 is 44.0. The van der Waals surface area contributed by atoms with Gasteiger partial charge in [-0.15, -0.1) is 0 Å². The molecule has 0 aromatic heterocycles. The fourth-order valence-electron chi connectivity index (χ4n) is 2.96. The summed E-state index contributed by atoms with van der Waals surface area (Å²) in [5.41, 5.74) is 5.35. The fourth-order valence-corrected chi connectivity index (χ4v) is 2.96. The summed E-state index contributed by atoms with van der Waals surface area (Å²) in [5.74, 6) is 0.747. The van der Waals surface area contributed by atoms with Gasteiger partial charge in [-0.1, -0.05) is 63.6 Å². The maximum Gasteiger partial charge on any atom is 0.407 e. The second kappa shape index (κ2) is 9.81. The molecule has 0 aliphatic heterocycles. The van der Waals surface area contributed by atoms with E-state index in [1.165, 1.54) is 44.2 Å². The van der Waals surface area contributed by atoms with E-state index in [2.05, 4.69) is 6.92 Å². The van der Waals surface area contributed by atoms with Gasteiger partial charge in [0, 0.05) is 0 Å². The number of halogens is 3. The third kappa shape index (κ3) is 6.20. The lowest BCUT2D eigenvalue weighted by Gasteiger charge is -2.16. The van der Waals surface area contributed by atoms with Crippen LogP contribution in [0, 0.1) is 0 Å². The number of hydrogen-bond donors (Lipinski definition) is 1. The highest BCUT2D eigenvalue weighted by atomic mass is 19.4. The molecule has 0 saturated carbocycles. The van der Waals surface area contributed by atoms with E-state index in [1.54, 1.807) is 18.2 Å². The summed E-state index contributed by atoms with van der Waals surface area (Å²) in [6, 6.07) is 8.07. The molecule has 2 aromatic carbocycles. The Bertz CT molecular complexity index is 685. The predicted octanol–water partition coefficient (Wildman–Crippen LogP) is 6.53. The minimum Gasteiger partial charge on any atom is -0.494 e. The van der Waals surface area contributed by atoms with E-state index in [0.717, 1.165) is 29.4 Å². The van der Waals surface area contributed by atoms with Crippen LogP contribution in [0.25, 0.3) is 10.8 Å². The Morgan fingerprint density at radius 3 is 2.19 bits per heavy atom. The SMILES string of the molecule is CCCCCCCCCOc1ccc2cc([C@H](N)C(F)(F)F)ccc2c1. The van der Waals surface area contributed by atoms with E-state index in [0.29, 0.717) is 6.61 Å². The third-order valence-corrected chi connectivity index (χ3v) is 4.56. The molecule has 0 aliphatic rings. The Balaban J connectivity index is 1.85. The highest BCUT2D eigenvalue weighted by molar-refractivity contribution is 5.84. The standard InChI is InChI=1S/C21H28F3NO/c1-2-3-4-5-6-7-8-13-26-19-12-11-16-14-18(10-9-17(16)15-19)20(25)21(22,23)24/h9-12,14-15,20H,2-8,13,25H2,1H3/t20-/m0/s1. The molecule has 26 heavy (non-hydrogen) atoms. The molecule has 0 bridgehead atoms. The van der Waals surface area contributed by atoms with Gasteiger partial charge in [0.15, 0.2) is 0 Å². The molecular weight excluding hydrogens is 339 g/mol. The van der Waals surface area contributed by atoms with Crippen LogP contribution in [0.15, 0.2) is 36.4 Å². The summed E-state index contributed by atoms with van der Waals surface area (Å²) in [4.78, 5) is 0. The van der Waals surface area contributed by atoms with E-state index in [-0.39, 0.29) is 5.56 Å². The summed E-state index contributed by atoms with van der Waals surface area (Å²) >= 11 is 0. The van der Waals surface area contributed by atoms with Crippen molar-refractivity contribution in [2.75, 3.05) is 6.61 Å². The van der Waals surface area contributed by atoms with Crippen molar-refractivity contribution in [3.05, 3.63) is 42.0 Å². The van der Waals surface area contributed by atoms with Crippen LogP contribution in [0.1, 0.15) is 63.5 Å². The topological polar surface area (TPSA) is 35.2 Å². The second-order valence-corrected chi connectivity index (χ2v) is 6.76. The van der Waals surface area contributed by atoms with E-state index in [9.17, 15) is 13.2 Å². The molecule has 0 amide bonds. The molecule has 5 heteroatoms. The van der Waals surface area contributed by atoms with Crippen molar-refractivity contribution in [2.24, 2.45) is 5.73 Å². The number of rotatable bonds is 10. The number of benzene rings is 2. The van der Waals surface area contributed by atoms with Gasteiger partial charge in [0.1, 0.15) is 11.8 Å². The molecule has 2 aromatic rings. The number of ether oxygens (including phenoxy) is 1. The van der Waals surface area contributed by atoms with Crippen molar-refractivity contribution in [2.45, 2.75) is 64.1 Å². The van der Waals surface area contributed by atoms with Crippen LogP contribution >= 0.6 is 0 Å². The first-order valence-corrected chi connectivity index (χ1v) is 9.40. The lowest BCUT2D eigenvalue weighted by Crippen LogP contribution is -2.28. The molecule has 0 unspecified atom stereocenters. The molecule has 1 atom stereocenters. The average molecular weight is 367 g/mol. The first kappa shape index (κ1) is 20.6. The molecule has 0 saturated heterocycles. The van der Waals surface area contributed by atoms with Gasteiger partial charge in [-0.05, 0) is 41.0 Å². The van der Waals surface area contributed by atoms with Gasteiger partial charge in [-0.2, -0.15) is 13.2 Å². The highest BCUT2D eigenvalue weighted by Crippen LogP contribution is 2.32. The molecule has 0 aliphatic carbocycles. The van der Waals surface area contributed by atoms with E-state index in [1.807, 2.05) is 6.07 Å². The number of fused-ring (bicyclic) bond motifs is 1. The lowest BCUT2D eigenvalue weighted by atomic mass is 10.0. The summed E-state index contributed by atoms with van der Waals surface area (Å²) in [6.45, 7) is 2.87. The molecule has 144 valence electrons. The average Bonchev–Trinajstić information content (AvgIpc) is 2.62. The normalized spacial score (nSPS) is 13.1. The minimum absolute atomic E-state index is 0.0711. The minimum atomic E-state index is -4.44. The van der Waals surface area contributed by atoms with Crippen LogP contribution in [0.4, 0.5) is 13.2 Å². The van der Waals surface area contributed by atoms with Crippen LogP contribution in [0.3, 0.4) is 0 Å². The van der Waals surface area contributed by atoms with Gasteiger partial charge < -0.3 is 10.5 Å². The van der Waals surface area contributed by atoms with Gasteiger partial charge in [0.25, 0.3) is 0 Å². The molecular formula is C21H28F3NO. The first-order valence-electron chi connectivity index (χ1n) is 9.40. The maximum atomic E-state index is 12.7. The second-order valence-electron chi connectivity index (χ2n) is 6.76. The highest BCUT2D eigenvalue weighted by Gasteiger charge is 2.37. The number of nitrogens with two attached hydrogens (primary N) is 1. The van der Waals surface area contributed by atoms with Crippen LogP contribution < -0.4 is 10.5 Å². The molecule has 2 N–H and O–H groups in total.